The van der Waals surface area contributed by atoms with Gasteiger partial charge < -0.3 is 10.1 Å². The molecule has 0 aromatic heterocycles. The fraction of sp³-hybridized carbons (Fsp3) is 0.136. The third kappa shape index (κ3) is 4.44. The van der Waals surface area contributed by atoms with Crippen molar-refractivity contribution < 1.29 is 22.3 Å². The van der Waals surface area contributed by atoms with Gasteiger partial charge in [0.25, 0.3) is 15.9 Å². The molecular formula is C22H21FN2O4S. The molecule has 0 aliphatic carbocycles. The van der Waals surface area contributed by atoms with E-state index >= 15 is 0 Å². The molecule has 30 heavy (non-hydrogen) atoms. The summed E-state index contributed by atoms with van der Waals surface area (Å²) in [5, 5.41) is 2.68. The number of halogens is 1. The number of hydrogen-bond donors (Lipinski definition) is 1. The summed E-state index contributed by atoms with van der Waals surface area (Å²) in [5.74, 6) is -0.284. The van der Waals surface area contributed by atoms with Gasteiger partial charge in [-0.15, -0.1) is 0 Å². The Morgan fingerprint density at radius 2 is 1.73 bits per heavy atom. The predicted molar refractivity (Wildman–Crippen MR) is 114 cm³/mol. The molecule has 0 saturated carbocycles. The SMILES string of the molecule is COc1ccc(N(C)S(=O)(=O)c2cccc(C(=O)Nc3ccc(F)cc3C)c2)cc1. The average molecular weight is 428 g/mol. The summed E-state index contributed by atoms with van der Waals surface area (Å²) in [6, 6.07) is 16.3. The summed E-state index contributed by atoms with van der Waals surface area (Å²) < 4.78 is 45.5. The standard InChI is InChI=1S/C22H21FN2O4S/c1-15-13-17(23)7-12-21(15)24-22(26)16-5-4-6-20(14-16)30(27,28)25(2)18-8-10-19(29-3)11-9-18/h4-14H,1-3H3,(H,24,26). The highest BCUT2D eigenvalue weighted by atomic mass is 32.2. The van der Waals surface area contributed by atoms with Gasteiger partial charge in [0, 0.05) is 18.3 Å². The second kappa shape index (κ2) is 8.54. The van der Waals surface area contributed by atoms with E-state index in [0.717, 1.165) is 4.31 Å². The van der Waals surface area contributed by atoms with Gasteiger partial charge in [-0.1, -0.05) is 6.07 Å². The van der Waals surface area contributed by atoms with Crippen molar-refractivity contribution in [1.29, 1.82) is 0 Å². The molecule has 3 aromatic carbocycles. The first kappa shape index (κ1) is 21.3. The first-order chi connectivity index (χ1) is 14.2. The van der Waals surface area contributed by atoms with E-state index in [2.05, 4.69) is 5.32 Å². The number of carbonyl (C=O) groups is 1. The summed E-state index contributed by atoms with van der Waals surface area (Å²) in [7, 11) is -0.928. The smallest absolute Gasteiger partial charge is 0.264 e. The molecule has 1 amide bonds. The molecular weight excluding hydrogens is 407 g/mol. The lowest BCUT2D eigenvalue weighted by Crippen LogP contribution is -2.26. The number of aryl methyl sites for hydroxylation is 1. The highest BCUT2D eigenvalue weighted by Crippen LogP contribution is 2.25. The van der Waals surface area contributed by atoms with E-state index in [1.807, 2.05) is 0 Å². The number of nitrogens with one attached hydrogen (secondary N) is 1. The Morgan fingerprint density at radius 1 is 1.03 bits per heavy atom. The molecule has 8 heteroatoms. The Labute approximate surface area is 175 Å². The monoisotopic (exact) mass is 428 g/mol. The van der Waals surface area contributed by atoms with Crippen LogP contribution in [0.5, 0.6) is 5.75 Å². The second-order valence-electron chi connectivity index (χ2n) is 6.61. The number of methoxy groups -OCH3 is 1. The van der Waals surface area contributed by atoms with Crippen molar-refractivity contribution in [1.82, 2.24) is 0 Å². The number of carbonyl (C=O) groups excluding carboxylic acids is 1. The van der Waals surface area contributed by atoms with Gasteiger partial charge >= 0.3 is 0 Å². The maximum absolute atomic E-state index is 13.3. The van der Waals surface area contributed by atoms with Gasteiger partial charge in [-0.3, -0.25) is 9.10 Å². The van der Waals surface area contributed by atoms with Crippen LogP contribution in [0, 0.1) is 12.7 Å². The van der Waals surface area contributed by atoms with Crippen molar-refractivity contribution in [2.24, 2.45) is 0 Å². The third-order valence-corrected chi connectivity index (χ3v) is 6.41. The van der Waals surface area contributed by atoms with Crippen LogP contribution in [0.4, 0.5) is 15.8 Å². The van der Waals surface area contributed by atoms with Crippen molar-refractivity contribution in [3.63, 3.8) is 0 Å². The van der Waals surface area contributed by atoms with E-state index in [4.69, 9.17) is 4.74 Å². The number of amides is 1. The minimum Gasteiger partial charge on any atom is -0.497 e. The third-order valence-electron chi connectivity index (χ3n) is 4.63. The Morgan fingerprint density at radius 3 is 2.37 bits per heavy atom. The molecule has 0 heterocycles. The summed E-state index contributed by atoms with van der Waals surface area (Å²) in [6.07, 6.45) is 0. The molecule has 0 spiro atoms. The van der Waals surface area contributed by atoms with Crippen LogP contribution >= 0.6 is 0 Å². The molecule has 0 unspecified atom stereocenters. The fourth-order valence-corrected chi connectivity index (χ4v) is 4.09. The van der Waals surface area contributed by atoms with Gasteiger partial charge in [0.1, 0.15) is 11.6 Å². The molecule has 3 aromatic rings. The zero-order chi connectivity index (χ0) is 21.9. The van der Waals surface area contributed by atoms with E-state index in [1.54, 1.807) is 31.2 Å². The number of nitrogens with zero attached hydrogens (tertiary/aromatic N) is 1. The maximum Gasteiger partial charge on any atom is 0.264 e. The van der Waals surface area contributed by atoms with Crippen LogP contribution in [0.2, 0.25) is 0 Å². The van der Waals surface area contributed by atoms with Crippen LogP contribution in [-0.4, -0.2) is 28.5 Å². The lowest BCUT2D eigenvalue weighted by Gasteiger charge is -2.20. The quantitative estimate of drug-likeness (QED) is 0.638. The van der Waals surface area contributed by atoms with Gasteiger partial charge in [-0.25, -0.2) is 12.8 Å². The largest absolute Gasteiger partial charge is 0.497 e. The molecule has 0 radical (unpaired) electrons. The number of anilines is 2. The number of benzene rings is 3. The van der Waals surface area contributed by atoms with Crippen LogP contribution in [0.25, 0.3) is 0 Å². The first-order valence-electron chi connectivity index (χ1n) is 9.03. The second-order valence-corrected chi connectivity index (χ2v) is 8.58. The van der Waals surface area contributed by atoms with E-state index in [9.17, 15) is 17.6 Å². The van der Waals surface area contributed by atoms with E-state index in [0.29, 0.717) is 22.7 Å². The molecule has 0 aliphatic heterocycles. The van der Waals surface area contributed by atoms with Crippen molar-refractivity contribution in [3.05, 3.63) is 83.7 Å². The first-order valence-corrected chi connectivity index (χ1v) is 10.5. The van der Waals surface area contributed by atoms with Crippen LogP contribution < -0.4 is 14.4 Å². The van der Waals surface area contributed by atoms with Crippen LogP contribution in [0.3, 0.4) is 0 Å². The van der Waals surface area contributed by atoms with Gasteiger partial charge in [0.2, 0.25) is 0 Å². The van der Waals surface area contributed by atoms with Gasteiger partial charge in [-0.2, -0.15) is 0 Å². The van der Waals surface area contributed by atoms with Crippen LogP contribution in [0.15, 0.2) is 71.6 Å². The van der Waals surface area contributed by atoms with E-state index in [-0.39, 0.29) is 10.5 Å². The van der Waals surface area contributed by atoms with Crippen LogP contribution in [-0.2, 0) is 10.0 Å². The van der Waals surface area contributed by atoms with Crippen LogP contribution in [0.1, 0.15) is 15.9 Å². The normalized spacial score (nSPS) is 11.1. The van der Waals surface area contributed by atoms with Gasteiger partial charge in [0.15, 0.2) is 0 Å². The van der Waals surface area contributed by atoms with E-state index in [1.165, 1.54) is 56.6 Å². The number of rotatable bonds is 6. The highest BCUT2D eigenvalue weighted by molar-refractivity contribution is 7.92. The lowest BCUT2D eigenvalue weighted by atomic mass is 10.1. The molecule has 1 N–H and O–H groups in total. The summed E-state index contributed by atoms with van der Waals surface area (Å²) >= 11 is 0. The van der Waals surface area contributed by atoms with Gasteiger partial charge in [0.05, 0.1) is 17.7 Å². The molecule has 3 rings (SSSR count). The molecule has 156 valence electrons. The van der Waals surface area contributed by atoms with Crippen molar-refractivity contribution in [2.45, 2.75) is 11.8 Å². The van der Waals surface area contributed by atoms with Crippen molar-refractivity contribution >= 4 is 27.3 Å². The molecule has 0 bridgehead atoms. The Balaban J connectivity index is 1.86. The molecule has 6 nitrogen and oxygen atoms in total. The predicted octanol–water partition coefficient (Wildman–Crippen LogP) is 4.22. The Hall–Kier alpha value is -3.39. The molecule has 0 atom stereocenters. The lowest BCUT2D eigenvalue weighted by molar-refractivity contribution is 0.102. The molecule has 0 saturated heterocycles. The zero-order valence-corrected chi connectivity index (χ0v) is 17.5. The minimum atomic E-state index is -3.89. The summed E-state index contributed by atoms with van der Waals surface area (Å²) in [4.78, 5) is 12.6. The van der Waals surface area contributed by atoms with Crippen molar-refractivity contribution in [2.75, 3.05) is 23.8 Å². The average Bonchev–Trinajstić information content (AvgIpc) is 2.75. The zero-order valence-electron chi connectivity index (χ0n) is 16.7. The van der Waals surface area contributed by atoms with E-state index < -0.39 is 21.7 Å². The Kier molecular flexibility index (Phi) is 6.07. The molecule has 0 fully saturated rings. The summed E-state index contributed by atoms with van der Waals surface area (Å²) in [6.45, 7) is 1.67. The maximum atomic E-state index is 13.3. The topological polar surface area (TPSA) is 75.7 Å². The minimum absolute atomic E-state index is 0.0238. The highest BCUT2D eigenvalue weighted by Gasteiger charge is 2.22. The van der Waals surface area contributed by atoms with Crippen molar-refractivity contribution in [3.8, 4) is 5.75 Å². The number of sulfonamides is 1. The number of ether oxygens (including phenoxy) is 1. The number of hydrogen-bond acceptors (Lipinski definition) is 4. The fourth-order valence-electron chi connectivity index (χ4n) is 2.85. The molecule has 0 aliphatic rings. The van der Waals surface area contributed by atoms with Gasteiger partial charge in [-0.05, 0) is 73.2 Å². The summed E-state index contributed by atoms with van der Waals surface area (Å²) in [5.41, 5.74) is 1.63. The Bertz CT molecular complexity index is 1180.